The van der Waals surface area contributed by atoms with E-state index < -0.39 is 11.6 Å². The molecule has 1 heterocycles. The molecule has 0 saturated carbocycles. The lowest BCUT2D eigenvalue weighted by Gasteiger charge is -2.26. The first-order chi connectivity index (χ1) is 10.0. The highest BCUT2D eigenvalue weighted by atomic mass is 19.2. The Balaban J connectivity index is 1.96. The minimum absolute atomic E-state index is 0.204. The standard InChI is InChI=1S/C16H25F2N3/c1-19-15(13-5-4-6-14(17)16(13)18)11-21(3)10-12-7-8-20(2)9-12/h4-6,12,15,19H,7-11H2,1-3H3. The van der Waals surface area contributed by atoms with Crippen LogP contribution in [0.5, 0.6) is 0 Å². The second kappa shape index (κ2) is 7.29. The van der Waals surface area contributed by atoms with Crippen LogP contribution >= 0.6 is 0 Å². The molecule has 2 rings (SSSR count). The molecule has 2 atom stereocenters. The van der Waals surface area contributed by atoms with Crippen molar-refractivity contribution in [3.05, 3.63) is 35.4 Å². The van der Waals surface area contributed by atoms with Crippen LogP contribution in [0.3, 0.4) is 0 Å². The Morgan fingerprint density at radius 3 is 2.81 bits per heavy atom. The number of benzene rings is 1. The molecule has 1 aromatic carbocycles. The number of hydrogen-bond donors (Lipinski definition) is 1. The first-order valence-electron chi connectivity index (χ1n) is 7.49. The summed E-state index contributed by atoms with van der Waals surface area (Å²) in [5, 5.41) is 3.09. The Kier molecular flexibility index (Phi) is 5.67. The summed E-state index contributed by atoms with van der Waals surface area (Å²) in [7, 11) is 5.96. The Morgan fingerprint density at radius 2 is 2.19 bits per heavy atom. The van der Waals surface area contributed by atoms with Crippen LogP contribution in [-0.2, 0) is 0 Å². The van der Waals surface area contributed by atoms with E-state index in [4.69, 9.17) is 0 Å². The first kappa shape index (κ1) is 16.3. The molecule has 1 N–H and O–H groups in total. The van der Waals surface area contributed by atoms with Crippen LogP contribution in [0, 0.1) is 17.6 Å². The van der Waals surface area contributed by atoms with Crippen molar-refractivity contribution in [2.24, 2.45) is 5.92 Å². The maximum absolute atomic E-state index is 13.9. The van der Waals surface area contributed by atoms with Crippen LogP contribution in [0.2, 0.25) is 0 Å². The molecule has 0 amide bonds. The predicted octanol–water partition coefficient (Wildman–Crippen LogP) is 2.11. The summed E-state index contributed by atoms with van der Waals surface area (Å²) in [6.45, 7) is 3.91. The van der Waals surface area contributed by atoms with Crippen molar-refractivity contribution in [3.8, 4) is 0 Å². The minimum atomic E-state index is -0.784. The largest absolute Gasteiger partial charge is 0.312 e. The average molecular weight is 297 g/mol. The van der Waals surface area contributed by atoms with E-state index >= 15 is 0 Å². The zero-order chi connectivity index (χ0) is 15.4. The molecule has 5 heteroatoms. The van der Waals surface area contributed by atoms with Crippen LogP contribution in [0.4, 0.5) is 8.78 Å². The van der Waals surface area contributed by atoms with E-state index in [1.807, 2.05) is 7.05 Å². The van der Waals surface area contributed by atoms with Crippen molar-refractivity contribution in [1.82, 2.24) is 15.1 Å². The van der Waals surface area contributed by atoms with Crippen molar-refractivity contribution in [1.29, 1.82) is 0 Å². The zero-order valence-corrected chi connectivity index (χ0v) is 13.1. The maximum Gasteiger partial charge on any atom is 0.163 e. The lowest BCUT2D eigenvalue weighted by molar-refractivity contribution is 0.248. The van der Waals surface area contributed by atoms with E-state index in [1.54, 1.807) is 19.2 Å². The molecule has 0 radical (unpaired) electrons. The fourth-order valence-corrected chi connectivity index (χ4v) is 3.14. The fraction of sp³-hybridized carbons (Fsp3) is 0.625. The quantitative estimate of drug-likeness (QED) is 0.867. The molecule has 21 heavy (non-hydrogen) atoms. The third-order valence-corrected chi connectivity index (χ3v) is 4.26. The predicted molar refractivity (Wildman–Crippen MR) is 81.3 cm³/mol. The van der Waals surface area contributed by atoms with Crippen molar-refractivity contribution >= 4 is 0 Å². The summed E-state index contributed by atoms with van der Waals surface area (Å²) < 4.78 is 27.3. The second-order valence-corrected chi connectivity index (χ2v) is 6.12. The summed E-state index contributed by atoms with van der Waals surface area (Å²) >= 11 is 0. The average Bonchev–Trinajstić information content (AvgIpc) is 2.85. The lowest BCUT2D eigenvalue weighted by atomic mass is 10.0. The van der Waals surface area contributed by atoms with Gasteiger partial charge in [-0.25, -0.2) is 8.78 Å². The molecule has 3 nitrogen and oxygen atoms in total. The Bertz CT molecular complexity index is 467. The third-order valence-electron chi connectivity index (χ3n) is 4.26. The smallest absolute Gasteiger partial charge is 0.163 e. The van der Waals surface area contributed by atoms with Gasteiger partial charge in [-0.1, -0.05) is 12.1 Å². The lowest BCUT2D eigenvalue weighted by Crippen LogP contribution is -2.35. The molecule has 118 valence electrons. The van der Waals surface area contributed by atoms with E-state index in [0.717, 1.165) is 25.7 Å². The van der Waals surface area contributed by atoms with Gasteiger partial charge in [0.1, 0.15) is 0 Å². The number of nitrogens with zero attached hydrogens (tertiary/aromatic N) is 2. The van der Waals surface area contributed by atoms with Crippen LogP contribution in [0.1, 0.15) is 18.0 Å². The van der Waals surface area contributed by atoms with Gasteiger partial charge in [0.2, 0.25) is 0 Å². The van der Waals surface area contributed by atoms with Gasteiger partial charge < -0.3 is 15.1 Å². The molecule has 0 bridgehead atoms. The molecule has 0 aliphatic carbocycles. The monoisotopic (exact) mass is 297 g/mol. The zero-order valence-electron chi connectivity index (χ0n) is 13.1. The van der Waals surface area contributed by atoms with Crippen LogP contribution in [0.15, 0.2) is 18.2 Å². The minimum Gasteiger partial charge on any atom is -0.312 e. The first-order valence-corrected chi connectivity index (χ1v) is 7.49. The summed E-state index contributed by atoms with van der Waals surface area (Å²) in [5.41, 5.74) is 0.396. The normalized spacial score (nSPS) is 21.1. The molecule has 2 unspecified atom stereocenters. The van der Waals surface area contributed by atoms with Crippen molar-refractivity contribution in [3.63, 3.8) is 0 Å². The Morgan fingerprint density at radius 1 is 1.43 bits per heavy atom. The van der Waals surface area contributed by atoms with Gasteiger partial charge in [0.05, 0.1) is 0 Å². The summed E-state index contributed by atoms with van der Waals surface area (Å²) in [5.74, 6) is -0.867. The third kappa shape index (κ3) is 4.22. The molecule has 1 saturated heterocycles. The number of nitrogens with one attached hydrogen (secondary N) is 1. The van der Waals surface area contributed by atoms with Gasteiger partial charge in [-0.2, -0.15) is 0 Å². The van der Waals surface area contributed by atoms with Gasteiger partial charge in [0.25, 0.3) is 0 Å². The Labute approximate surface area is 125 Å². The maximum atomic E-state index is 13.9. The van der Waals surface area contributed by atoms with E-state index in [1.165, 1.54) is 6.42 Å². The number of hydrogen-bond acceptors (Lipinski definition) is 3. The van der Waals surface area contributed by atoms with E-state index in [0.29, 0.717) is 18.0 Å². The molecular formula is C16H25F2N3. The van der Waals surface area contributed by atoms with Crippen molar-refractivity contribution in [2.45, 2.75) is 12.5 Å². The highest BCUT2D eigenvalue weighted by Gasteiger charge is 2.23. The van der Waals surface area contributed by atoms with E-state index in [2.05, 4.69) is 22.2 Å². The summed E-state index contributed by atoms with van der Waals surface area (Å²) in [4.78, 5) is 4.54. The van der Waals surface area contributed by atoms with Crippen molar-refractivity contribution in [2.75, 3.05) is 47.3 Å². The number of likely N-dealkylation sites (tertiary alicyclic amines) is 1. The number of rotatable bonds is 6. The summed E-state index contributed by atoms with van der Waals surface area (Å²) in [6.07, 6.45) is 1.21. The van der Waals surface area contributed by atoms with Gasteiger partial charge >= 0.3 is 0 Å². The van der Waals surface area contributed by atoms with Crippen LogP contribution in [0.25, 0.3) is 0 Å². The van der Waals surface area contributed by atoms with Gasteiger partial charge in [0.15, 0.2) is 11.6 Å². The van der Waals surface area contributed by atoms with Gasteiger partial charge in [-0.3, -0.25) is 0 Å². The number of halogens is 2. The van der Waals surface area contributed by atoms with Gasteiger partial charge in [0, 0.05) is 31.2 Å². The fourth-order valence-electron chi connectivity index (χ4n) is 3.14. The van der Waals surface area contributed by atoms with Gasteiger partial charge in [-0.05, 0) is 46.1 Å². The highest BCUT2D eigenvalue weighted by Crippen LogP contribution is 2.21. The molecule has 0 spiro atoms. The van der Waals surface area contributed by atoms with E-state index in [9.17, 15) is 8.78 Å². The highest BCUT2D eigenvalue weighted by molar-refractivity contribution is 5.22. The molecule has 1 fully saturated rings. The number of likely N-dealkylation sites (N-methyl/N-ethyl adjacent to an activating group) is 2. The summed E-state index contributed by atoms with van der Waals surface area (Å²) in [6, 6.07) is 4.16. The van der Waals surface area contributed by atoms with E-state index in [-0.39, 0.29) is 6.04 Å². The Hall–Kier alpha value is -1.04. The molecule has 1 aromatic rings. The van der Waals surface area contributed by atoms with Gasteiger partial charge in [-0.15, -0.1) is 0 Å². The molecule has 1 aliphatic heterocycles. The topological polar surface area (TPSA) is 18.5 Å². The van der Waals surface area contributed by atoms with Crippen molar-refractivity contribution < 1.29 is 8.78 Å². The SMILES string of the molecule is CNC(CN(C)CC1CCN(C)C1)c1cccc(F)c1F. The van der Waals surface area contributed by atoms with Crippen LogP contribution < -0.4 is 5.32 Å². The van der Waals surface area contributed by atoms with Crippen LogP contribution in [-0.4, -0.2) is 57.1 Å². The molecular weight excluding hydrogens is 272 g/mol. The molecule has 1 aliphatic rings. The second-order valence-electron chi connectivity index (χ2n) is 6.12. The molecule has 0 aromatic heterocycles.